The second-order valence-electron chi connectivity index (χ2n) is 5.14. The third kappa shape index (κ3) is 2.28. The first kappa shape index (κ1) is 14.1. The Labute approximate surface area is 127 Å². The normalized spacial score (nSPS) is 10.9. The molecule has 2 aromatic heterocycles. The molecule has 0 bridgehead atoms. The Hall–Kier alpha value is -2.89. The fourth-order valence-electron chi connectivity index (χ4n) is 2.53. The number of hydrogen-bond donors (Lipinski definition) is 1. The number of aromatic carboxylic acids is 1. The van der Waals surface area contributed by atoms with Gasteiger partial charge in [-0.15, -0.1) is 0 Å². The van der Waals surface area contributed by atoms with Gasteiger partial charge in [0, 0.05) is 24.0 Å². The van der Waals surface area contributed by atoms with E-state index < -0.39 is 5.97 Å². The van der Waals surface area contributed by atoms with E-state index in [0.29, 0.717) is 11.3 Å². The molecular formula is C16H15N3O3. The third-order valence-electron chi connectivity index (χ3n) is 3.46. The summed E-state index contributed by atoms with van der Waals surface area (Å²) in [6, 6.07) is 5.84. The number of carbonyl (C=O) groups is 1. The molecule has 3 rings (SSSR count). The number of fused-ring (bicyclic) bond motifs is 1. The molecule has 0 saturated carbocycles. The average Bonchev–Trinajstić information content (AvgIpc) is 2.89. The number of aryl methyl sites for hydroxylation is 2. The van der Waals surface area contributed by atoms with Crippen LogP contribution in [0.15, 0.2) is 30.6 Å². The number of nitrogens with zero attached hydrogens (tertiary/aromatic N) is 3. The Kier molecular flexibility index (Phi) is 3.29. The molecule has 6 heteroatoms. The Bertz CT molecular complexity index is 884. The Morgan fingerprint density at radius 3 is 2.73 bits per heavy atom. The summed E-state index contributed by atoms with van der Waals surface area (Å²) >= 11 is 0. The van der Waals surface area contributed by atoms with Crippen molar-refractivity contribution in [2.75, 3.05) is 7.11 Å². The Morgan fingerprint density at radius 1 is 1.27 bits per heavy atom. The van der Waals surface area contributed by atoms with Crippen LogP contribution in [0.5, 0.6) is 5.75 Å². The highest BCUT2D eigenvalue weighted by Crippen LogP contribution is 2.33. The summed E-state index contributed by atoms with van der Waals surface area (Å²) in [4.78, 5) is 15.1. The lowest BCUT2D eigenvalue weighted by molar-refractivity contribution is 0.0695. The average molecular weight is 297 g/mol. The fraction of sp³-hybridized carbons (Fsp3) is 0.188. The van der Waals surface area contributed by atoms with Crippen molar-refractivity contribution in [2.24, 2.45) is 0 Å². The minimum Gasteiger partial charge on any atom is -0.496 e. The molecule has 6 nitrogen and oxygen atoms in total. The van der Waals surface area contributed by atoms with Gasteiger partial charge in [0.2, 0.25) is 0 Å². The summed E-state index contributed by atoms with van der Waals surface area (Å²) in [5.74, 6) is -0.275. The van der Waals surface area contributed by atoms with Gasteiger partial charge in [-0.2, -0.15) is 5.10 Å². The van der Waals surface area contributed by atoms with Crippen molar-refractivity contribution in [3.63, 3.8) is 0 Å². The van der Waals surface area contributed by atoms with E-state index >= 15 is 0 Å². The standard InChI is InChI=1S/C16H15N3O3/c1-9-4-10(2)15(22-3)12(5-9)13-6-14-17-7-11(16(20)21)8-19(14)18-13/h4-8H,1-3H3,(H,20,21). The smallest absolute Gasteiger partial charge is 0.338 e. The minimum absolute atomic E-state index is 0.0922. The zero-order valence-corrected chi connectivity index (χ0v) is 12.5. The van der Waals surface area contributed by atoms with Gasteiger partial charge in [-0.1, -0.05) is 6.07 Å². The second-order valence-corrected chi connectivity index (χ2v) is 5.14. The first-order valence-corrected chi connectivity index (χ1v) is 6.74. The van der Waals surface area contributed by atoms with Crippen LogP contribution in [0.3, 0.4) is 0 Å². The number of methoxy groups -OCH3 is 1. The largest absolute Gasteiger partial charge is 0.496 e. The maximum Gasteiger partial charge on any atom is 0.338 e. The van der Waals surface area contributed by atoms with E-state index in [9.17, 15) is 4.79 Å². The monoisotopic (exact) mass is 297 g/mol. The van der Waals surface area contributed by atoms with Crippen molar-refractivity contribution in [3.05, 3.63) is 47.3 Å². The molecule has 0 aliphatic heterocycles. The first-order chi connectivity index (χ1) is 10.5. The second kappa shape index (κ2) is 5.14. The number of hydrogen-bond acceptors (Lipinski definition) is 4. The molecule has 0 spiro atoms. The van der Waals surface area contributed by atoms with Crippen LogP contribution in [0, 0.1) is 13.8 Å². The molecule has 0 saturated heterocycles. The molecule has 0 unspecified atom stereocenters. The van der Waals surface area contributed by atoms with Crippen molar-refractivity contribution >= 4 is 11.6 Å². The molecule has 2 heterocycles. The molecule has 0 fully saturated rings. The van der Waals surface area contributed by atoms with Crippen LogP contribution in [0.25, 0.3) is 16.9 Å². The van der Waals surface area contributed by atoms with Gasteiger partial charge in [0.05, 0.1) is 18.4 Å². The molecule has 0 radical (unpaired) electrons. The van der Waals surface area contributed by atoms with Gasteiger partial charge in [-0.3, -0.25) is 0 Å². The van der Waals surface area contributed by atoms with Crippen molar-refractivity contribution in [3.8, 4) is 17.0 Å². The molecular weight excluding hydrogens is 282 g/mol. The van der Waals surface area contributed by atoms with E-state index in [2.05, 4.69) is 10.1 Å². The maximum atomic E-state index is 11.0. The predicted octanol–water partition coefficient (Wildman–Crippen LogP) is 2.72. The van der Waals surface area contributed by atoms with Gasteiger partial charge >= 0.3 is 5.97 Å². The molecule has 0 amide bonds. The van der Waals surface area contributed by atoms with E-state index in [1.165, 1.54) is 16.9 Å². The molecule has 112 valence electrons. The van der Waals surface area contributed by atoms with E-state index in [1.54, 1.807) is 7.11 Å². The van der Waals surface area contributed by atoms with Gasteiger partial charge in [-0.05, 0) is 31.0 Å². The lowest BCUT2D eigenvalue weighted by Crippen LogP contribution is -2.01. The van der Waals surface area contributed by atoms with Crippen LogP contribution in [0.4, 0.5) is 0 Å². The molecule has 1 aromatic carbocycles. The highest BCUT2D eigenvalue weighted by atomic mass is 16.5. The van der Waals surface area contributed by atoms with Crippen LogP contribution >= 0.6 is 0 Å². The summed E-state index contributed by atoms with van der Waals surface area (Å²) in [5, 5.41) is 13.4. The summed E-state index contributed by atoms with van der Waals surface area (Å²) in [6.45, 7) is 3.98. The number of benzene rings is 1. The molecule has 0 atom stereocenters. The maximum absolute atomic E-state index is 11.0. The van der Waals surface area contributed by atoms with Crippen molar-refractivity contribution in [2.45, 2.75) is 13.8 Å². The SMILES string of the molecule is COc1c(C)cc(C)cc1-c1cc2ncc(C(=O)O)cn2n1. The van der Waals surface area contributed by atoms with E-state index in [4.69, 9.17) is 9.84 Å². The van der Waals surface area contributed by atoms with Gasteiger partial charge in [-0.25, -0.2) is 14.3 Å². The van der Waals surface area contributed by atoms with E-state index in [1.807, 2.05) is 32.0 Å². The first-order valence-electron chi connectivity index (χ1n) is 6.74. The Balaban J connectivity index is 2.20. The van der Waals surface area contributed by atoms with E-state index in [-0.39, 0.29) is 5.56 Å². The van der Waals surface area contributed by atoms with Crippen molar-refractivity contribution in [1.29, 1.82) is 0 Å². The third-order valence-corrected chi connectivity index (χ3v) is 3.46. The number of carboxylic acid groups (broad SMARTS) is 1. The van der Waals surface area contributed by atoms with Crippen LogP contribution < -0.4 is 4.74 Å². The summed E-state index contributed by atoms with van der Waals surface area (Å²) < 4.78 is 6.95. The van der Waals surface area contributed by atoms with Crippen molar-refractivity contribution in [1.82, 2.24) is 14.6 Å². The number of ether oxygens (including phenoxy) is 1. The minimum atomic E-state index is -1.03. The lowest BCUT2D eigenvalue weighted by Gasteiger charge is -2.10. The highest BCUT2D eigenvalue weighted by molar-refractivity contribution is 5.87. The van der Waals surface area contributed by atoms with Gasteiger partial charge in [0.25, 0.3) is 0 Å². The van der Waals surface area contributed by atoms with E-state index in [0.717, 1.165) is 22.4 Å². The Morgan fingerprint density at radius 2 is 2.05 bits per heavy atom. The predicted molar refractivity (Wildman–Crippen MR) is 81.4 cm³/mol. The molecule has 0 aliphatic carbocycles. The number of carboxylic acids is 1. The highest BCUT2D eigenvalue weighted by Gasteiger charge is 2.14. The van der Waals surface area contributed by atoms with Crippen LogP contribution in [0.1, 0.15) is 21.5 Å². The zero-order chi connectivity index (χ0) is 15.9. The molecule has 0 aliphatic rings. The van der Waals surface area contributed by atoms with Gasteiger partial charge in [0.1, 0.15) is 5.75 Å². The molecule has 22 heavy (non-hydrogen) atoms. The summed E-state index contributed by atoms with van der Waals surface area (Å²) in [6.07, 6.45) is 2.77. The van der Waals surface area contributed by atoms with Crippen LogP contribution in [0.2, 0.25) is 0 Å². The number of rotatable bonds is 3. The molecule has 3 aromatic rings. The van der Waals surface area contributed by atoms with Gasteiger partial charge < -0.3 is 9.84 Å². The summed E-state index contributed by atoms with van der Waals surface area (Å²) in [5.41, 5.74) is 4.36. The zero-order valence-electron chi connectivity index (χ0n) is 12.5. The topological polar surface area (TPSA) is 76.7 Å². The fourth-order valence-corrected chi connectivity index (χ4v) is 2.53. The van der Waals surface area contributed by atoms with Crippen LogP contribution in [-0.2, 0) is 0 Å². The van der Waals surface area contributed by atoms with Crippen LogP contribution in [-0.4, -0.2) is 32.8 Å². The summed E-state index contributed by atoms with van der Waals surface area (Å²) in [7, 11) is 1.62. The molecule has 1 N–H and O–H groups in total. The quantitative estimate of drug-likeness (QED) is 0.804. The number of aromatic nitrogens is 3. The lowest BCUT2D eigenvalue weighted by atomic mass is 10.0. The van der Waals surface area contributed by atoms with Gasteiger partial charge in [0.15, 0.2) is 5.65 Å². The van der Waals surface area contributed by atoms with Crippen molar-refractivity contribution < 1.29 is 14.6 Å².